The van der Waals surface area contributed by atoms with Crippen LogP contribution in [0.25, 0.3) is 0 Å². The van der Waals surface area contributed by atoms with Gasteiger partial charge in [-0.05, 0) is 17.8 Å². The van der Waals surface area contributed by atoms with E-state index in [2.05, 4.69) is 6.92 Å². The first-order chi connectivity index (χ1) is 8.56. The Morgan fingerprint density at radius 3 is 1.56 bits per heavy atom. The van der Waals surface area contributed by atoms with E-state index >= 15 is 0 Å². The highest BCUT2D eigenvalue weighted by Gasteiger charge is 2.11. The third kappa shape index (κ3) is 16.5. The molecule has 0 rings (SSSR count). The fourth-order valence-corrected chi connectivity index (χ4v) is 3.62. The molecule has 0 atom stereocenters. The Labute approximate surface area is 116 Å². The van der Waals surface area contributed by atoms with Crippen LogP contribution in [0.4, 0.5) is 0 Å². The molecule has 0 radical (unpaired) electrons. The molecule has 0 aliphatic rings. The third-order valence-electron chi connectivity index (χ3n) is 3.01. The van der Waals surface area contributed by atoms with Crippen molar-refractivity contribution in [3.05, 3.63) is 0 Å². The molecule has 3 nitrogen and oxygen atoms in total. The lowest BCUT2D eigenvalue weighted by Gasteiger charge is -2.03. The van der Waals surface area contributed by atoms with Gasteiger partial charge >= 0.3 is 6.80 Å². The molecular formula is C13H29O3PS. The summed E-state index contributed by atoms with van der Waals surface area (Å²) >= 11 is 0.780. The number of hydrogen-bond acceptors (Lipinski definition) is 2. The molecule has 0 fully saturated rings. The largest absolute Gasteiger partial charge is 0.383 e. The van der Waals surface area contributed by atoms with Gasteiger partial charge in [-0.3, -0.25) is 0 Å². The van der Waals surface area contributed by atoms with Gasteiger partial charge in [0.05, 0.1) is 0 Å². The molecule has 0 aliphatic heterocycles. The van der Waals surface area contributed by atoms with E-state index in [9.17, 15) is 4.57 Å². The summed E-state index contributed by atoms with van der Waals surface area (Å²) in [5.74, 6) is 0.585. The summed E-state index contributed by atoms with van der Waals surface area (Å²) in [6.07, 6.45) is 14.0. The molecule has 0 aromatic carbocycles. The highest BCUT2D eigenvalue weighted by Crippen LogP contribution is 2.50. The van der Waals surface area contributed by atoms with E-state index in [0.29, 0.717) is 5.75 Å². The van der Waals surface area contributed by atoms with Crippen LogP contribution in [0.15, 0.2) is 0 Å². The molecule has 0 bridgehead atoms. The van der Waals surface area contributed by atoms with Crippen molar-refractivity contribution >= 4 is 18.2 Å². The van der Waals surface area contributed by atoms with Gasteiger partial charge in [0.1, 0.15) is 0 Å². The summed E-state index contributed by atoms with van der Waals surface area (Å²) in [6, 6.07) is 0. The van der Waals surface area contributed by atoms with Crippen molar-refractivity contribution in [3.8, 4) is 0 Å². The van der Waals surface area contributed by atoms with Gasteiger partial charge in [-0.2, -0.15) is 0 Å². The zero-order chi connectivity index (χ0) is 13.7. The molecule has 0 saturated heterocycles. The zero-order valence-corrected chi connectivity index (χ0v) is 13.4. The lowest BCUT2D eigenvalue weighted by molar-refractivity contribution is 0.397. The number of unbranched alkanes of at least 4 members (excludes halogenated alkanes) is 10. The molecule has 0 aliphatic carbocycles. The van der Waals surface area contributed by atoms with Gasteiger partial charge in [0.25, 0.3) is 0 Å². The zero-order valence-electron chi connectivity index (χ0n) is 11.6. The van der Waals surface area contributed by atoms with Crippen LogP contribution in [-0.2, 0) is 4.57 Å². The normalized spacial score (nSPS) is 11.9. The Morgan fingerprint density at radius 1 is 0.778 bits per heavy atom. The van der Waals surface area contributed by atoms with Gasteiger partial charge < -0.3 is 9.79 Å². The lowest BCUT2D eigenvalue weighted by Crippen LogP contribution is -1.84. The summed E-state index contributed by atoms with van der Waals surface area (Å²) in [4.78, 5) is 17.3. The van der Waals surface area contributed by atoms with Gasteiger partial charge in [0.15, 0.2) is 0 Å². The van der Waals surface area contributed by atoms with Crippen LogP contribution >= 0.6 is 18.2 Å². The van der Waals surface area contributed by atoms with Gasteiger partial charge in [-0.1, -0.05) is 71.1 Å². The second-order valence-electron chi connectivity index (χ2n) is 4.86. The molecule has 5 heteroatoms. The van der Waals surface area contributed by atoms with E-state index in [1.54, 1.807) is 0 Å². The third-order valence-corrected chi connectivity index (χ3v) is 5.37. The molecule has 0 spiro atoms. The van der Waals surface area contributed by atoms with Crippen molar-refractivity contribution in [2.75, 3.05) is 5.75 Å². The molecule has 2 N–H and O–H groups in total. The Morgan fingerprint density at radius 2 is 1.17 bits per heavy atom. The summed E-state index contributed by atoms with van der Waals surface area (Å²) in [5, 5.41) is 0. The van der Waals surface area contributed by atoms with Crippen LogP contribution in [0.1, 0.15) is 77.6 Å². The van der Waals surface area contributed by atoms with Crippen LogP contribution < -0.4 is 0 Å². The Hall–Kier alpha value is 0.500. The second-order valence-corrected chi connectivity index (χ2v) is 8.71. The molecule has 0 amide bonds. The quantitative estimate of drug-likeness (QED) is 0.366. The Balaban J connectivity index is 3.01. The smallest absolute Gasteiger partial charge is 0.317 e. The van der Waals surface area contributed by atoms with Crippen LogP contribution in [0, 0.1) is 0 Å². The summed E-state index contributed by atoms with van der Waals surface area (Å²) in [5.41, 5.74) is 0. The summed E-state index contributed by atoms with van der Waals surface area (Å²) in [6.45, 7) is -1.59. The van der Waals surface area contributed by atoms with Crippen LogP contribution in [-0.4, -0.2) is 15.5 Å². The van der Waals surface area contributed by atoms with Crippen molar-refractivity contribution in [3.63, 3.8) is 0 Å². The van der Waals surface area contributed by atoms with Gasteiger partial charge in [0.2, 0.25) is 0 Å². The maximum Gasteiger partial charge on any atom is 0.383 e. The topological polar surface area (TPSA) is 57.5 Å². The number of hydrogen-bond donors (Lipinski definition) is 2. The minimum absolute atomic E-state index is 0.585. The van der Waals surface area contributed by atoms with Crippen LogP contribution in [0.2, 0.25) is 0 Å². The van der Waals surface area contributed by atoms with Gasteiger partial charge in [0, 0.05) is 5.75 Å². The van der Waals surface area contributed by atoms with E-state index in [1.807, 2.05) is 0 Å². The monoisotopic (exact) mass is 296 g/mol. The highest BCUT2D eigenvalue weighted by atomic mass is 32.7. The van der Waals surface area contributed by atoms with E-state index in [4.69, 9.17) is 9.79 Å². The first kappa shape index (κ1) is 18.5. The summed E-state index contributed by atoms with van der Waals surface area (Å²) in [7, 11) is 0. The molecule has 110 valence electrons. The standard InChI is InChI=1S/C13H29O3PS/c1-2-3-4-5-6-7-8-9-10-11-12-13-18-17(14,15)16/h2-13H2,1H3,(H2,14,15,16). The highest BCUT2D eigenvalue weighted by molar-refractivity contribution is 8.54. The lowest BCUT2D eigenvalue weighted by atomic mass is 10.1. The van der Waals surface area contributed by atoms with Crippen LogP contribution in [0.3, 0.4) is 0 Å². The van der Waals surface area contributed by atoms with Gasteiger partial charge in [-0.15, -0.1) is 0 Å². The molecule has 0 unspecified atom stereocenters. The molecular weight excluding hydrogens is 267 g/mol. The first-order valence-corrected chi connectivity index (χ1v) is 10.5. The minimum Gasteiger partial charge on any atom is -0.317 e. The number of rotatable bonds is 13. The maximum atomic E-state index is 10.6. The SMILES string of the molecule is CCCCCCCCCCCCCSP(=O)(O)O. The first-order valence-electron chi connectivity index (χ1n) is 7.26. The second kappa shape index (κ2) is 12.5. The molecule has 0 aromatic rings. The van der Waals surface area contributed by atoms with E-state index in [1.165, 1.54) is 57.8 Å². The van der Waals surface area contributed by atoms with Crippen LogP contribution in [0.5, 0.6) is 0 Å². The fraction of sp³-hybridized carbons (Fsp3) is 1.00. The Kier molecular flexibility index (Phi) is 12.9. The predicted molar refractivity (Wildman–Crippen MR) is 81.0 cm³/mol. The van der Waals surface area contributed by atoms with Gasteiger partial charge in [-0.25, -0.2) is 4.57 Å². The maximum absolute atomic E-state index is 10.6. The molecule has 0 saturated carbocycles. The average molecular weight is 296 g/mol. The minimum atomic E-state index is -3.83. The van der Waals surface area contributed by atoms with E-state index in [-0.39, 0.29) is 0 Å². The summed E-state index contributed by atoms with van der Waals surface area (Å²) < 4.78 is 10.6. The van der Waals surface area contributed by atoms with Crippen molar-refractivity contribution in [2.45, 2.75) is 77.6 Å². The molecule has 18 heavy (non-hydrogen) atoms. The fourth-order valence-electron chi connectivity index (χ4n) is 1.95. The van der Waals surface area contributed by atoms with Crippen molar-refractivity contribution < 1.29 is 14.4 Å². The van der Waals surface area contributed by atoms with Crippen molar-refractivity contribution in [1.29, 1.82) is 0 Å². The van der Waals surface area contributed by atoms with Crippen molar-refractivity contribution in [1.82, 2.24) is 0 Å². The van der Waals surface area contributed by atoms with E-state index < -0.39 is 6.80 Å². The predicted octanol–water partition coefficient (Wildman–Crippen LogP) is 5.12. The van der Waals surface area contributed by atoms with E-state index in [0.717, 1.165) is 24.2 Å². The molecule has 0 aromatic heterocycles. The Bertz CT molecular complexity index is 218. The average Bonchev–Trinajstić information content (AvgIpc) is 2.29. The van der Waals surface area contributed by atoms with Crippen molar-refractivity contribution in [2.24, 2.45) is 0 Å². The molecule has 0 heterocycles.